The molecule has 1 aromatic carbocycles. The summed E-state index contributed by atoms with van der Waals surface area (Å²) in [5.74, 6) is 1.66. The van der Waals surface area contributed by atoms with E-state index in [9.17, 15) is 10.1 Å². The number of benzene rings is 1. The Hall–Kier alpha value is -3.84. The average Bonchev–Trinajstić information content (AvgIpc) is 3.46. The Bertz CT molecular complexity index is 1390. The molecule has 2 fully saturated rings. The van der Waals surface area contributed by atoms with E-state index in [0.29, 0.717) is 44.3 Å². The van der Waals surface area contributed by atoms with Crippen molar-refractivity contribution in [1.82, 2.24) is 19.8 Å². The molecule has 43 heavy (non-hydrogen) atoms. The maximum atomic E-state index is 12.6. The van der Waals surface area contributed by atoms with E-state index in [1.165, 1.54) is 29.3 Å². The minimum Gasteiger partial charge on any atom is -0.497 e. The van der Waals surface area contributed by atoms with E-state index < -0.39 is 0 Å². The molecule has 0 saturated carbocycles. The minimum absolute atomic E-state index is 0.129. The van der Waals surface area contributed by atoms with E-state index >= 15 is 0 Å². The number of fused-ring (bicyclic) bond motifs is 2. The summed E-state index contributed by atoms with van der Waals surface area (Å²) >= 11 is 0. The van der Waals surface area contributed by atoms with Crippen LogP contribution in [0.2, 0.25) is 0 Å². The fourth-order valence-corrected chi connectivity index (χ4v) is 7.33. The number of amides is 1. The number of hydrogen-bond acceptors (Lipinski definition) is 9. The van der Waals surface area contributed by atoms with E-state index in [-0.39, 0.29) is 18.4 Å². The van der Waals surface area contributed by atoms with Crippen molar-refractivity contribution < 1.29 is 14.3 Å². The van der Waals surface area contributed by atoms with Gasteiger partial charge in [-0.25, -0.2) is 0 Å². The van der Waals surface area contributed by atoms with Crippen LogP contribution in [0.1, 0.15) is 48.9 Å². The number of aromatic nitrogens is 2. The van der Waals surface area contributed by atoms with Crippen molar-refractivity contribution in [3.8, 4) is 17.8 Å². The van der Waals surface area contributed by atoms with Gasteiger partial charge in [-0.05, 0) is 69.8 Å². The van der Waals surface area contributed by atoms with Gasteiger partial charge in [0.25, 0.3) is 0 Å². The summed E-state index contributed by atoms with van der Waals surface area (Å²) in [5.41, 5.74) is 4.87. The molecule has 10 nitrogen and oxygen atoms in total. The second kappa shape index (κ2) is 12.8. The molecule has 0 N–H and O–H groups in total. The standard InChI is InChI=1S/C33H43N7O3/c1-4-31(41)40-18-17-38(21-25(40)13-14-34)32-28-12-10-24(39-16-5-7-23-9-11-27(42-3)20-30(23)39)19-29(28)35-33(36-32)43-22-26-8-6-15-37(26)2/h4,9,11,20,24-26H,1,5-8,10,12-13,15-19,21-22H2,2-3H3. The number of aryl methyl sites for hydroxylation is 1. The Balaban J connectivity index is 1.30. The van der Waals surface area contributed by atoms with Crippen LogP contribution in [0.4, 0.5) is 11.5 Å². The lowest BCUT2D eigenvalue weighted by atomic mass is 9.88. The second-order valence-corrected chi connectivity index (χ2v) is 12.2. The first-order valence-corrected chi connectivity index (χ1v) is 15.7. The van der Waals surface area contributed by atoms with Crippen LogP contribution < -0.4 is 19.3 Å². The highest BCUT2D eigenvalue weighted by Crippen LogP contribution is 2.38. The number of rotatable bonds is 8. The van der Waals surface area contributed by atoms with Crippen LogP contribution >= 0.6 is 0 Å². The number of carbonyl (C=O) groups excluding carboxylic acids is 1. The molecule has 10 heteroatoms. The normalized spacial score (nSPS) is 23.7. The number of likely N-dealkylation sites (N-methyl/N-ethyl adjacent to an activating group) is 1. The molecule has 0 bridgehead atoms. The lowest BCUT2D eigenvalue weighted by molar-refractivity contribution is -0.128. The first-order chi connectivity index (χ1) is 21.0. The molecule has 0 spiro atoms. The fourth-order valence-electron chi connectivity index (χ4n) is 7.33. The summed E-state index contributed by atoms with van der Waals surface area (Å²) in [6, 6.07) is 9.62. The first-order valence-electron chi connectivity index (χ1n) is 15.7. The first kappa shape index (κ1) is 29.2. The largest absolute Gasteiger partial charge is 0.497 e. The van der Waals surface area contributed by atoms with Crippen LogP contribution in [0.5, 0.6) is 11.8 Å². The number of nitriles is 1. The van der Waals surface area contributed by atoms with Gasteiger partial charge in [-0.1, -0.05) is 12.6 Å². The lowest BCUT2D eigenvalue weighted by Gasteiger charge is -2.43. The van der Waals surface area contributed by atoms with E-state index in [4.69, 9.17) is 19.4 Å². The molecule has 2 saturated heterocycles. The highest BCUT2D eigenvalue weighted by atomic mass is 16.5. The Morgan fingerprint density at radius 2 is 2.02 bits per heavy atom. The number of carbonyl (C=O) groups is 1. The monoisotopic (exact) mass is 585 g/mol. The molecular formula is C33H43N7O3. The zero-order chi connectivity index (χ0) is 29.9. The van der Waals surface area contributed by atoms with Gasteiger partial charge >= 0.3 is 6.01 Å². The number of hydrogen-bond donors (Lipinski definition) is 0. The van der Waals surface area contributed by atoms with Gasteiger partial charge in [-0.15, -0.1) is 0 Å². The predicted molar refractivity (Wildman–Crippen MR) is 166 cm³/mol. The van der Waals surface area contributed by atoms with Crippen molar-refractivity contribution in [1.29, 1.82) is 5.26 Å². The third kappa shape index (κ3) is 6.00. The zero-order valence-corrected chi connectivity index (χ0v) is 25.5. The Labute approximate surface area is 254 Å². The number of methoxy groups -OCH3 is 1. The lowest BCUT2D eigenvalue weighted by Crippen LogP contribution is -2.55. The zero-order valence-electron chi connectivity index (χ0n) is 25.5. The van der Waals surface area contributed by atoms with Crippen molar-refractivity contribution in [2.24, 2.45) is 0 Å². The SMILES string of the molecule is C=CC(=O)N1CCN(c2nc(OCC3CCCN3C)nc3c2CCC(N2CCCc4ccc(OC)cc42)C3)CC1CC#N. The molecule has 3 aliphatic heterocycles. The summed E-state index contributed by atoms with van der Waals surface area (Å²) in [7, 11) is 3.87. The molecule has 1 aromatic heterocycles. The Kier molecular flexibility index (Phi) is 8.70. The number of ether oxygens (including phenoxy) is 2. The van der Waals surface area contributed by atoms with Crippen molar-refractivity contribution in [3.05, 3.63) is 47.7 Å². The van der Waals surface area contributed by atoms with Crippen LogP contribution in [-0.2, 0) is 24.1 Å². The average molecular weight is 586 g/mol. The summed E-state index contributed by atoms with van der Waals surface area (Å²) in [5, 5.41) is 9.54. The van der Waals surface area contributed by atoms with Gasteiger partial charge in [0.1, 0.15) is 18.2 Å². The smallest absolute Gasteiger partial charge is 0.318 e. The third-order valence-corrected chi connectivity index (χ3v) is 9.74. The van der Waals surface area contributed by atoms with E-state index in [0.717, 1.165) is 68.9 Å². The van der Waals surface area contributed by atoms with Crippen LogP contribution in [0.15, 0.2) is 30.9 Å². The Morgan fingerprint density at radius 3 is 2.79 bits per heavy atom. The third-order valence-electron chi connectivity index (χ3n) is 9.74. The minimum atomic E-state index is -0.220. The number of piperazine rings is 1. The van der Waals surface area contributed by atoms with Crippen molar-refractivity contribution >= 4 is 17.4 Å². The van der Waals surface area contributed by atoms with E-state index in [1.807, 2.05) is 0 Å². The van der Waals surface area contributed by atoms with Crippen molar-refractivity contribution in [2.45, 2.75) is 69.5 Å². The highest BCUT2D eigenvalue weighted by molar-refractivity contribution is 5.87. The van der Waals surface area contributed by atoms with Crippen molar-refractivity contribution in [2.75, 3.05) is 63.3 Å². The number of anilines is 2. The second-order valence-electron chi connectivity index (χ2n) is 12.2. The molecular weight excluding hydrogens is 542 g/mol. The van der Waals surface area contributed by atoms with Crippen LogP contribution in [0.3, 0.4) is 0 Å². The molecule has 4 aliphatic rings. The molecule has 1 amide bonds. The summed E-state index contributed by atoms with van der Waals surface area (Å²) in [6.07, 6.45) is 8.81. The van der Waals surface area contributed by atoms with Gasteiger partial charge in [-0.3, -0.25) is 4.79 Å². The predicted octanol–water partition coefficient (Wildman–Crippen LogP) is 3.39. The topological polar surface area (TPSA) is 98.1 Å². The van der Waals surface area contributed by atoms with Gasteiger partial charge in [0.05, 0.1) is 31.3 Å². The molecule has 0 radical (unpaired) electrons. The van der Waals surface area contributed by atoms with Gasteiger partial charge in [-0.2, -0.15) is 15.2 Å². The molecule has 3 unspecified atom stereocenters. The number of likely N-dealkylation sites (tertiary alicyclic amines) is 1. The molecule has 6 rings (SSSR count). The van der Waals surface area contributed by atoms with Crippen LogP contribution in [0, 0.1) is 11.3 Å². The summed E-state index contributed by atoms with van der Waals surface area (Å²) in [4.78, 5) is 31.5. The van der Waals surface area contributed by atoms with Crippen LogP contribution in [0.25, 0.3) is 0 Å². The maximum absolute atomic E-state index is 12.6. The molecule has 228 valence electrons. The molecule has 3 atom stereocenters. The maximum Gasteiger partial charge on any atom is 0.318 e. The van der Waals surface area contributed by atoms with Gasteiger partial charge in [0, 0.05) is 62.0 Å². The molecule has 1 aliphatic carbocycles. The number of nitrogens with zero attached hydrogens (tertiary/aromatic N) is 7. The van der Waals surface area contributed by atoms with Gasteiger partial charge < -0.3 is 29.1 Å². The molecule has 4 heterocycles. The quantitative estimate of drug-likeness (QED) is 0.432. The fraction of sp³-hybridized carbons (Fsp3) is 0.576. The molecule has 2 aromatic rings. The van der Waals surface area contributed by atoms with Crippen LogP contribution in [-0.4, -0.2) is 97.3 Å². The van der Waals surface area contributed by atoms with Crippen molar-refractivity contribution in [3.63, 3.8) is 0 Å². The van der Waals surface area contributed by atoms with Gasteiger partial charge in [0.2, 0.25) is 5.91 Å². The van der Waals surface area contributed by atoms with E-state index in [2.05, 4.69) is 52.6 Å². The highest BCUT2D eigenvalue weighted by Gasteiger charge is 2.35. The van der Waals surface area contributed by atoms with E-state index in [1.54, 1.807) is 12.0 Å². The van der Waals surface area contributed by atoms with Gasteiger partial charge in [0.15, 0.2) is 0 Å². The summed E-state index contributed by atoms with van der Waals surface area (Å²) in [6.45, 7) is 8.04. The Morgan fingerprint density at radius 1 is 1.14 bits per heavy atom. The summed E-state index contributed by atoms with van der Waals surface area (Å²) < 4.78 is 11.9.